The number of carbonyl (C=O) groups excluding carboxylic acids is 1. The fourth-order valence-electron chi connectivity index (χ4n) is 4.66. The number of amides is 1. The van der Waals surface area contributed by atoms with Gasteiger partial charge in [-0.25, -0.2) is 9.97 Å². The second-order valence-electron chi connectivity index (χ2n) is 8.01. The highest BCUT2D eigenvalue weighted by Crippen LogP contribution is 2.26. The van der Waals surface area contributed by atoms with Crippen LogP contribution < -0.4 is 4.90 Å². The van der Waals surface area contributed by atoms with Crippen molar-refractivity contribution in [2.24, 2.45) is 5.92 Å². The molecule has 4 heterocycles. The molecule has 3 aliphatic rings. The number of hydrogen-bond acceptors (Lipinski definition) is 6. The molecule has 27 heavy (non-hydrogen) atoms. The molecule has 3 aliphatic heterocycles. The Labute approximate surface area is 161 Å². The maximum atomic E-state index is 12.9. The smallest absolute Gasteiger partial charge is 0.227 e. The molecule has 0 aromatic carbocycles. The van der Waals surface area contributed by atoms with Gasteiger partial charge in [-0.05, 0) is 39.2 Å². The van der Waals surface area contributed by atoms with Crippen LogP contribution in [-0.2, 0) is 9.53 Å². The molecule has 1 aromatic heterocycles. The summed E-state index contributed by atoms with van der Waals surface area (Å²) >= 11 is 0. The van der Waals surface area contributed by atoms with Gasteiger partial charge in [0.25, 0.3) is 0 Å². The topological polar surface area (TPSA) is 61.8 Å². The predicted molar refractivity (Wildman–Crippen MR) is 104 cm³/mol. The Hall–Kier alpha value is -1.73. The number of anilines is 1. The van der Waals surface area contributed by atoms with Crippen molar-refractivity contribution in [3.05, 3.63) is 18.1 Å². The van der Waals surface area contributed by atoms with E-state index >= 15 is 0 Å². The lowest BCUT2D eigenvalue weighted by Gasteiger charge is -2.43. The molecule has 0 bridgehead atoms. The summed E-state index contributed by atoms with van der Waals surface area (Å²) in [6.45, 7) is 9.00. The van der Waals surface area contributed by atoms with Crippen LogP contribution in [0.1, 0.15) is 31.4 Å². The maximum absolute atomic E-state index is 12.9. The van der Waals surface area contributed by atoms with Gasteiger partial charge < -0.3 is 14.5 Å². The van der Waals surface area contributed by atoms with E-state index in [2.05, 4.69) is 25.8 Å². The molecule has 0 saturated carbocycles. The summed E-state index contributed by atoms with van der Waals surface area (Å²) < 4.78 is 5.39. The van der Waals surface area contributed by atoms with Crippen molar-refractivity contribution in [3.63, 3.8) is 0 Å². The van der Waals surface area contributed by atoms with Crippen LogP contribution in [0.2, 0.25) is 0 Å². The molecule has 3 fully saturated rings. The van der Waals surface area contributed by atoms with E-state index in [1.54, 1.807) is 6.33 Å². The van der Waals surface area contributed by atoms with Gasteiger partial charge in [-0.1, -0.05) is 0 Å². The number of piperidine rings is 2. The molecule has 4 rings (SSSR count). The minimum Gasteiger partial charge on any atom is -0.378 e. The van der Waals surface area contributed by atoms with Crippen LogP contribution in [0.15, 0.2) is 12.4 Å². The molecule has 1 amide bonds. The first kappa shape index (κ1) is 18.6. The quantitative estimate of drug-likeness (QED) is 0.797. The van der Waals surface area contributed by atoms with Gasteiger partial charge in [-0.3, -0.25) is 9.69 Å². The first-order valence-electron chi connectivity index (χ1n) is 10.3. The summed E-state index contributed by atoms with van der Waals surface area (Å²) in [5, 5.41) is 0. The van der Waals surface area contributed by atoms with Crippen LogP contribution in [0.25, 0.3) is 0 Å². The fraction of sp³-hybridized carbons (Fsp3) is 0.750. The third-order valence-electron chi connectivity index (χ3n) is 6.22. The molecule has 1 atom stereocenters. The molecule has 1 aromatic rings. The summed E-state index contributed by atoms with van der Waals surface area (Å²) in [5.41, 5.74) is 1.02. The third kappa shape index (κ3) is 4.41. The largest absolute Gasteiger partial charge is 0.378 e. The fourth-order valence-corrected chi connectivity index (χ4v) is 4.66. The van der Waals surface area contributed by atoms with E-state index in [-0.39, 0.29) is 5.92 Å². The lowest BCUT2D eigenvalue weighted by atomic mass is 9.92. The Bertz CT molecular complexity index is 641. The van der Waals surface area contributed by atoms with E-state index in [4.69, 9.17) is 4.74 Å². The van der Waals surface area contributed by atoms with Crippen molar-refractivity contribution >= 4 is 11.7 Å². The van der Waals surface area contributed by atoms with E-state index in [9.17, 15) is 4.79 Å². The molecular formula is C20H31N5O2. The zero-order chi connectivity index (χ0) is 18.6. The monoisotopic (exact) mass is 373 g/mol. The maximum Gasteiger partial charge on any atom is 0.227 e. The molecule has 7 heteroatoms. The Morgan fingerprint density at radius 3 is 2.59 bits per heavy atom. The van der Waals surface area contributed by atoms with E-state index in [1.165, 1.54) is 0 Å². The average Bonchev–Trinajstić information content (AvgIpc) is 2.74. The van der Waals surface area contributed by atoms with E-state index in [1.807, 2.05) is 11.8 Å². The van der Waals surface area contributed by atoms with E-state index in [0.29, 0.717) is 25.2 Å². The lowest BCUT2D eigenvalue weighted by molar-refractivity contribution is -0.141. The molecule has 3 saturated heterocycles. The molecule has 7 nitrogen and oxygen atoms in total. The van der Waals surface area contributed by atoms with Crippen LogP contribution >= 0.6 is 0 Å². The standard InChI is InChI=1S/C20H31N5O2/c1-16-13-19(22-15-21-16)23-7-4-18(5-8-23)25-6-2-3-17(14-25)20(26)24-9-11-27-12-10-24/h13,15,17-18H,2-12,14H2,1H3/t17-/m1/s1. The summed E-state index contributed by atoms with van der Waals surface area (Å²) in [5.74, 6) is 1.55. The zero-order valence-electron chi connectivity index (χ0n) is 16.3. The minimum atomic E-state index is 0.166. The Morgan fingerprint density at radius 2 is 1.85 bits per heavy atom. The predicted octanol–water partition coefficient (Wildman–Crippen LogP) is 1.32. The summed E-state index contributed by atoms with van der Waals surface area (Å²) in [4.78, 5) is 28.5. The normalized spacial score (nSPS) is 25.6. The highest BCUT2D eigenvalue weighted by molar-refractivity contribution is 5.79. The molecule has 0 aliphatic carbocycles. The van der Waals surface area contributed by atoms with Crippen LogP contribution in [-0.4, -0.2) is 84.2 Å². The average molecular weight is 374 g/mol. The van der Waals surface area contributed by atoms with Gasteiger partial charge in [-0.2, -0.15) is 0 Å². The Morgan fingerprint density at radius 1 is 1.07 bits per heavy atom. The number of ether oxygens (including phenoxy) is 1. The lowest BCUT2D eigenvalue weighted by Crippen LogP contribution is -2.52. The second kappa shape index (κ2) is 8.52. The number of likely N-dealkylation sites (tertiary alicyclic amines) is 1. The van der Waals surface area contributed by atoms with Crippen LogP contribution in [0.4, 0.5) is 5.82 Å². The zero-order valence-corrected chi connectivity index (χ0v) is 16.3. The Kier molecular flexibility index (Phi) is 5.88. The van der Waals surface area contributed by atoms with Crippen molar-refractivity contribution in [2.45, 2.75) is 38.6 Å². The van der Waals surface area contributed by atoms with Gasteiger partial charge in [0.15, 0.2) is 0 Å². The number of nitrogens with zero attached hydrogens (tertiary/aromatic N) is 5. The summed E-state index contributed by atoms with van der Waals surface area (Å²) in [6, 6.07) is 2.66. The minimum absolute atomic E-state index is 0.166. The van der Waals surface area contributed by atoms with Gasteiger partial charge in [0.1, 0.15) is 12.1 Å². The number of hydrogen-bond donors (Lipinski definition) is 0. The Balaban J connectivity index is 1.31. The van der Waals surface area contributed by atoms with Gasteiger partial charge in [0.2, 0.25) is 5.91 Å². The van der Waals surface area contributed by atoms with Crippen molar-refractivity contribution in [2.75, 3.05) is 57.4 Å². The molecule has 0 N–H and O–H groups in total. The third-order valence-corrected chi connectivity index (χ3v) is 6.22. The summed E-state index contributed by atoms with van der Waals surface area (Å²) in [6.07, 6.45) is 6.10. The van der Waals surface area contributed by atoms with E-state index < -0.39 is 0 Å². The molecule has 0 radical (unpaired) electrons. The van der Waals surface area contributed by atoms with Crippen LogP contribution in [0, 0.1) is 12.8 Å². The number of morpholine rings is 1. The van der Waals surface area contributed by atoms with Crippen molar-refractivity contribution in [1.29, 1.82) is 0 Å². The SMILES string of the molecule is Cc1cc(N2CCC(N3CCC[C@@H](C(=O)N4CCOCC4)C3)CC2)ncn1. The van der Waals surface area contributed by atoms with Crippen LogP contribution in [0.5, 0.6) is 0 Å². The first-order chi connectivity index (χ1) is 13.2. The van der Waals surface area contributed by atoms with E-state index in [0.717, 1.165) is 76.5 Å². The molecule has 148 valence electrons. The number of rotatable bonds is 3. The molecule has 0 spiro atoms. The van der Waals surface area contributed by atoms with Gasteiger partial charge in [0.05, 0.1) is 19.1 Å². The van der Waals surface area contributed by atoms with Gasteiger partial charge in [0, 0.05) is 50.5 Å². The first-order valence-corrected chi connectivity index (χ1v) is 10.3. The summed E-state index contributed by atoms with van der Waals surface area (Å²) in [7, 11) is 0. The second-order valence-corrected chi connectivity index (χ2v) is 8.01. The number of carbonyl (C=O) groups is 1. The van der Waals surface area contributed by atoms with Crippen molar-refractivity contribution < 1.29 is 9.53 Å². The number of aryl methyl sites for hydroxylation is 1. The van der Waals surface area contributed by atoms with Crippen molar-refractivity contribution in [3.8, 4) is 0 Å². The van der Waals surface area contributed by atoms with Crippen LogP contribution in [0.3, 0.4) is 0 Å². The molecular weight excluding hydrogens is 342 g/mol. The van der Waals surface area contributed by atoms with Crippen molar-refractivity contribution in [1.82, 2.24) is 19.8 Å². The number of aromatic nitrogens is 2. The highest BCUT2D eigenvalue weighted by atomic mass is 16.5. The van der Waals surface area contributed by atoms with Gasteiger partial charge in [-0.15, -0.1) is 0 Å². The highest BCUT2D eigenvalue weighted by Gasteiger charge is 2.34. The van der Waals surface area contributed by atoms with Gasteiger partial charge >= 0.3 is 0 Å². The molecule has 0 unspecified atom stereocenters.